The fraction of sp³-hybridized carbons (Fsp3) is 0.400. The molecule has 0 amide bonds. The van der Waals surface area contributed by atoms with Crippen LogP contribution < -0.4 is 10.1 Å². The Morgan fingerprint density at radius 2 is 2.00 bits per heavy atom. The first-order chi connectivity index (χ1) is 6.31. The summed E-state index contributed by atoms with van der Waals surface area (Å²) in [5.74, 6) is 0.830. The topological polar surface area (TPSA) is 41.5 Å². The molecule has 72 valence electrons. The minimum absolute atomic E-state index is 0.00547. The molecule has 0 saturated heterocycles. The average Bonchev–Trinajstić information content (AvgIpc) is 2.21. The van der Waals surface area contributed by atoms with E-state index in [9.17, 15) is 0 Å². The molecule has 0 aliphatic heterocycles. The van der Waals surface area contributed by atoms with Crippen molar-refractivity contribution in [2.24, 2.45) is 0 Å². The molecule has 13 heavy (non-hydrogen) atoms. The second-order valence-corrected chi connectivity index (χ2v) is 2.80. The van der Waals surface area contributed by atoms with Gasteiger partial charge in [0, 0.05) is 0 Å². The van der Waals surface area contributed by atoms with Crippen LogP contribution in [0.2, 0.25) is 0 Å². The van der Waals surface area contributed by atoms with E-state index in [2.05, 4.69) is 5.32 Å². The number of likely N-dealkylation sites (N-methyl/N-ethyl adjacent to an activating group) is 1. The molecule has 0 unspecified atom stereocenters. The summed E-state index contributed by atoms with van der Waals surface area (Å²) in [5.41, 5.74) is 1.06. The van der Waals surface area contributed by atoms with Gasteiger partial charge in [0.25, 0.3) is 0 Å². The number of rotatable bonds is 4. The number of nitrogens with one attached hydrogen (secondary N) is 1. The molecule has 0 radical (unpaired) electrons. The highest BCUT2D eigenvalue weighted by Crippen LogP contribution is 2.16. The molecular formula is C10H15NO2. The van der Waals surface area contributed by atoms with Crippen LogP contribution in [0.4, 0.5) is 0 Å². The van der Waals surface area contributed by atoms with E-state index in [-0.39, 0.29) is 12.6 Å². The van der Waals surface area contributed by atoms with E-state index in [1.54, 1.807) is 7.11 Å². The van der Waals surface area contributed by atoms with Gasteiger partial charge in [-0.3, -0.25) is 0 Å². The lowest BCUT2D eigenvalue weighted by Gasteiger charge is -2.13. The maximum atomic E-state index is 9.01. The predicted octanol–water partition coefficient (Wildman–Crippen LogP) is 0.948. The van der Waals surface area contributed by atoms with Crippen LogP contribution in [0.3, 0.4) is 0 Å². The van der Waals surface area contributed by atoms with Crippen molar-refractivity contribution in [3.8, 4) is 5.75 Å². The minimum Gasteiger partial charge on any atom is -0.497 e. The Bertz CT molecular complexity index is 242. The summed E-state index contributed by atoms with van der Waals surface area (Å²) in [4.78, 5) is 0. The monoisotopic (exact) mass is 181 g/mol. The van der Waals surface area contributed by atoms with Crippen molar-refractivity contribution in [2.45, 2.75) is 6.04 Å². The highest BCUT2D eigenvalue weighted by Gasteiger charge is 2.06. The van der Waals surface area contributed by atoms with Crippen LogP contribution in [-0.4, -0.2) is 25.9 Å². The first kappa shape index (κ1) is 10.0. The molecular weight excluding hydrogens is 166 g/mol. The second-order valence-electron chi connectivity index (χ2n) is 2.80. The highest BCUT2D eigenvalue weighted by molar-refractivity contribution is 5.29. The first-order valence-corrected chi connectivity index (χ1v) is 4.24. The van der Waals surface area contributed by atoms with Gasteiger partial charge in [0.05, 0.1) is 19.8 Å². The summed E-state index contributed by atoms with van der Waals surface area (Å²) in [6.07, 6.45) is 0. The Balaban J connectivity index is 2.78. The molecule has 0 aliphatic rings. The smallest absolute Gasteiger partial charge is 0.118 e. The van der Waals surface area contributed by atoms with E-state index in [1.807, 2.05) is 31.3 Å². The summed E-state index contributed by atoms with van der Waals surface area (Å²) in [5, 5.41) is 12.0. The molecule has 0 aromatic heterocycles. The molecule has 1 aromatic rings. The van der Waals surface area contributed by atoms with E-state index >= 15 is 0 Å². The number of aliphatic hydroxyl groups excluding tert-OH is 1. The quantitative estimate of drug-likeness (QED) is 0.726. The van der Waals surface area contributed by atoms with Gasteiger partial charge >= 0.3 is 0 Å². The standard InChI is InChI=1S/C10H15NO2/c1-11-10(7-12)8-3-5-9(13-2)6-4-8/h3-6,10-12H,7H2,1-2H3/t10-/m0/s1. The van der Waals surface area contributed by atoms with Gasteiger partial charge in [-0.25, -0.2) is 0 Å². The number of hydrogen-bond acceptors (Lipinski definition) is 3. The van der Waals surface area contributed by atoms with Crippen molar-refractivity contribution >= 4 is 0 Å². The van der Waals surface area contributed by atoms with Gasteiger partial charge in [-0.1, -0.05) is 12.1 Å². The molecule has 0 aliphatic carbocycles. The van der Waals surface area contributed by atoms with Crippen LogP contribution in [0.5, 0.6) is 5.75 Å². The van der Waals surface area contributed by atoms with E-state index in [1.165, 1.54) is 0 Å². The van der Waals surface area contributed by atoms with Crippen LogP contribution in [0.25, 0.3) is 0 Å². The number of benzene rings is 1. The zero-order valence-electron chi connectivity index (χ0n) is 7.95. The Morgan fingerprint density at radius 3 is 2.38 bits per heavy atom. The van der Waals surface area contributed by atoms with Crippen molar-refractivity contribution in [2.75, 3.05) is 20.8 Å². The summed E-state index contributed by atoms with van der Waals surface area (Å²) >= 11 is 0. The van der Waals surface area contributed by atoms with E-state index in [4.69, 9.17) is 9.84 Å². The molecule has 1 aromatic carbocycles. The van der Waals surface area contributed by atoms with E-state index in [0.717, 1.165) is 11.3 Å². The number of ether oxygens (including phenoxy) is 1. The third kappa shape index (κ3) is 2.44. The molecule has 0 fully saturated rings. The second kappa shape index (κ2) is 4.84. The van der Waals surface area contributed by atoms with Crippen molar-refractivity contribution in [3.05, 3.63) is 29.8 Å². The van der Waals surface area contributed by atoms with Crippen LogP contribution in [0, 0.1) is 0 Å². The highest BCUT2D eigenvalue weighted by atomic mass is 16.5. The third-order valence-electron chi connectivity index (χ3n) is 2.05. The molecule has 0 bridgehead atoms. The molecule has 3 nitrogen and oxygen atoms in total. The number of methoxy groups -OCH3 is 1. The van der Waals surface area contributed by atoms with Gasteiger partial charge in [0.15, 0.2) is 0 Å². The minimum atomic E-state index is 0.00547. The lowest BCUT2D eigenvalue weighted by Crippen LogP contribution is -2.19. The van der Waals surface area contributed by atoms with Crippen molar-refractivity contribution in [1.29, 1.82) is 0 Å². The molecule has 3 heteroatoms. The zero-order valence-corrected chi connectivity index (χ0v) is 7.95. The SMILES string of the molecule is CN[C@@H](CO)c1ccc(OC)cc1. The Kier molecular flexibility index (Phi) is 3.73. The lowest BCUT2D eigenvalue weighted by molar-refractivity contribution is 0.251. The van der Waals surface area contributed by atoms with Crippen molar-refractivity contribution < 1.29 is 9.84 Å². The van der Waals surface area contributed by atoms with E-state index < -0.39 is 0 Å². The van der Waals surface area contributed by atoms with Gasteiger partial charge in [0.2, 0.25) is 0 Å². The van der Waals surface area contributed by atoms with Crippen molar-refractivity contribution in [3.63, 3.8) is 0 Å². The fourth-order valence-corrected chi connectivity index (χ4v) is 1.20. The molecule has 0 heterocycles. The summed E-state index contributed by atoms with van der Waals surface area (Å²) in [6, 6.07) is 7.66. The number of hydrogen-bond donors (Lipinski definition) is 2. The zero-order chi connectivity index (χ0) is 9.68. The van der Waals surface area contributed by atoms with Gasteiger partial charge < -0.3 is 15.2 Å². The summed E-state index contributed by atoms with van der Waals surface area (Å²) in [6.45, 7) is 0.100. The Morgan fingerprint density at radius 1 is 1.38 bits per heavy atom. The molecule has 0 spiro atoms. The largest absolute Gasteiger partial charge is 0.497 e. The first-order valence-electron chi connectivity index (χ1n) is 4.24. The molecule has 2 N–H and O–H groups in total. The molecule has 0 saturated carbocycles. The van der Waals surface area contributed by atoms with Gasteiger partial charge in [0.1, 0.15) is 5.75 Å². The van der Waals surface area contributed by atoms with Crippen LogP contribution in [0.1, 0.15) is 11.6 Å². The Hall–Kier alpha value is -1.06. The third-order valence-corrected chi connectivity index (χ3v) is 2.05. The van der Waals surface area contributed by atoms with Crippen LogP contribution in [-0.2, 0) is 0 Å². The van der Waals surface area contributed by atoms with Gasteiger partial charge in [-0.2, -0.15) is 0 Å². The Labute approximate surface area is 78.3 Å². The average molecular weight is 181 g/mol. The molecule has 1 atom stereocenters. The fourth-order valence-electron chi connectivity index (χ4n) is 1.20. The predicted molar refractivity (Wildman–Crippen MR) is 51.9 cm³/mol. The number of aliphatic hydroxyl groups is 1. The van der Waals surface area contributed by atoms with Gasteiger partial charge in [-0.15, -0.1) is 0 Å². The van der Waals surface area contributed by atoms with Crippen molar-refractivity contribution in [1.82, 2.24) is 5.32 Å². The normalized spacial score (nSPS) is 12.5. The maximum absolute atomic E-state index is 9.01. The summed E-state index contributed by atoms with van der Waals surface area (Å²) in [7, 11) is 3.46. The summed E-state index contributed by atoms with van der Waals surface area (Å²) < 4.78 is 5.03. The van der Waals surface area contributed by atoms with Gasteiger partial charge in [-0.05, 0) is 24.7 Å². The maximum Gasteiger partial charge on any atom is 0.118 e. The van der Waals surface area contributed by atoms with Crippen LogP contribution in [0.15, 0.2) is 24.3 Å². The molecule has 1 rings (SSSR count). The van der Waals surface area contributed by atoms with Crippen LogP contribution >= 0.6 is 0 Å². The van der Waals surface area contributed by atoms with E-state index in [0.29, 0.717) is 0 Å². The lowest BCUT2D eigenvalue weighted by atomic mass is 10.1.